The van der Waals surface area contributed by atoms with Gasteiger partial charge >= 0.3 is 11.9 Å². The topological polar surface area (TPSA) is 145 Å². The number of nitrogens with zero attached hydrogens (tertiary/aromatic N) is 4. The van der Waals surface area contributed by atoms with Crippen molar-refractivity contribution in [2.45, 2.75) is 36.4 Å². The first-order chi connectivity index (χ1) is 20.1. The Hall–Kier alpha value is -3.87. The first-order valence-electron chi connectivity index (χ1n) is 12.9. The van der Waals surface area contributed by atoms with E-state index in [0.717, 1.165) is 5.01 Å². The highest BCUT2D eigenvalue weighted by molar-refractivity contribution is 7.94. The Balaban J connectivity index is 1.84. The Morgan fingerprint density at radius 2 is 1.21 bits per heavy atom. The molecule has 4 unspecified atom stereocenters. The first-order valence-corrected chi connectivity index (χ1v) is 15.3. The maximum atomic E-state index is 14.4. The molecule has 0 saturated carbocycles. The zero-order valence-corrected chi connectivity index (χ0v) is 24.6. The van der Waals surface area contributed by atoms with Gasteiger partial charge in [-0.05, 0) is 38.1 Å². The van der Waals surface area contributed by atoms with Gasteiger partial charge in [0.1, 0.15) is 22.4 Å². The Labute approximate surface area is 250 Å². The molecule has 0 spiro atoms. The number of sulfone groups is 1. The molecule has 0 aliphatic carbocycles. The van der Waals surface area contributed by atoms with Crippen molar-refractivity contribution >= 4 is 66.8 Å². The minimum atomic E-state index is -4.85. The summed E-state index contributed by atoms with van der Waals surface area (Å²) in [6, 6.07) is 13.5. The molecule has 0 amide bonds. The lowest BCUT2D eigenvalue weighted by Gasteiger charge is -2.44. The normalized spacial score (nSPS) is 21.7. The van der Waals surface area contributed by atoms with Crippen LogP contribution in [-0.4, -0.2) is 59.0 Å². The third kappa shape index (κ3) is 5.03. The molecule has 1 fully saturated rings. The SMILES string of the molecule is CCOC(=O)C1C(c2cc3ccccc3nc2Cl)N(N=O)C(c2cc3ccccc3nc2Cl)C(C(=O)OCC)S1(=O)=O. The fraction of sp³-hybridized carbons (Fsp3) is 0.286. The van der Waals surface area contributed by atoms with E-state index in [1.807, 2.05) is 0 Å². The molecule has 0 radical (unpaired) electrons. The lowest BCUT2D eigenvalue weighted by Crippen LogP contribution is -2.59. The molecule has 1 saturated heterocycles. The van der Waals surface area contributed by atoms with Crippen LogP contribution in [0.5, 0.6) is 0 Å². The lowest BCUT2D eigenvalue weighted by atomic mass is 9.95. The van der Waals surface area contributed by atoms with E-state index >= 15 is 0 Å². The van der Waals surface area contributed by atoms with Crippen molar-refractivity contribution in [2.24, 2.45) is 5.29 Å². The van der Waals surface area contributed by atoms with Crippen molar-refractivity contribution in [3.05, 3.63) is 87.0 Å². The third-order valence-corrected chi connectivity index (χ3v) is 9.95. The number of fused-ring (bicyclic) bond motifs is 2. The highest BCUT2D eigenvalue weighted by atomic mass is 35.5. The molecule has 5 rings (SSSR count). The second kappa shape index (κ2) is 11.8. The predicted octanol–water partition coefficient (Wildman–Crippen LogP) is 5.15. The van der Waals surface area contributed by atoms with Crippen molar-refractivity contribution in [2.75, 3.05) is 13.2 Å². The van der Waals surface area contributed by atoms with Crippen LogP contribution < -0.4 is 0 Å². The number of esters is 2. The van der Waals surface area contributed by atoms with Crippen LogP contribution in [0.25, 0.3) is 21.8 Å². The van der Waals surface area contributed by atoms with Crippen LogP contribution in [0.4, 0.5) is 0 Å². The molecule has 4 aromatic rings. The number of rotatable bonds is 7. The molecule has 1 aliphatic heterocycles. The standard InChI is InChI=1S/C28H24Cl2N4O7S/c1-3-40-27(35)23-21(17-13-15-9-5-7-11-19(15)31-25(17)29)34(33-37)22(24(42(23,38)39)28(36)41-4-2)18-14-16-10-6-8-12-20(16)32-26(18)30/h5-14,21-24H,3-4H2,1-2H3. The molecular weight excluding hydrogens is 607 g/mol. The summed E-state index contributed by atoms with van der Waals surface area (Å²) < 4.78 is 39.2. The number of hydrogen-bond donors (Lipinski definition) is 0. The highest BCUT2D eigenvalue weighted by Gasteiger charge is 2.62. The van der Waals surface area contributed by atoms with E-state index in [4.69, 9.17) is 32.7 Å². The summed E-state index contributed by atoms with van der Waals surface area (Å²) in [6.07, 6.45) is 0. The number of para-hydroxylation sites is 2. The molecule has 2 aromatic heterocycles. The van der Waals surface area contributed by atoms with Crippen LogP contribution in [0.2, 0.25) is 10.3 Å². The zero-order chi connectivity index (χ0) is 30.2. The molecule has 42 heavy (non-hydrogen) atoms. The van der Waals surface area contributed by atoms with Crippen LogP contribution in [0, 0.1) is 4.91 Å². The number of nitroso groups, excluding NO2 is 1. The second-order valence-corrected chi connectivity index (χ2v) is 12.3. The van der Waals surface area contributed by atoms with E-state index in [1.54, 1.807) is 48.5 Å². The van der Waals surface area contributed by atoms with E-state index in [9.17, 15) is 22.9 Å². The maximum absolute atomic E-state index is 14.4. The van der Waals surface area contributed by atoms with Gasteiger partial charge in [0, 0.05) is 21.9 Å². The van der Waals surface area contributed by atoms with E-state index in [2.05, 4.69) is 15.3 Å². The highest BCUT2D eigenvalue weighted by Crippen LogP contribution is 2.49. The van der Waals surface area contributed by atoms with Gasteiger partial charge in [-0.2, -0.15) is 0 Å². The van der Waals surface area contributed by atoms with Crippen molar-refractivity contribution in [1.82, 2.24) is 15.0 Å². The number of aromatic nitrogens is 2. The Morgan fingerprint density at radius 1 is 0.810 bits per heavy atom. The minimum Gasteiger partial charge on any atom is -0.465 e. The Bertz CT molecular complexity index is 1700. The lowest BCUT2D eigenvalue weighted by molar-refractivity contribution is -0.147. The smallest absolute Gasteiger partial charge is 0.326 e. The summed E-state index contributed by atoms with van der Waals surface area (Å²) in [5.74, 6) is -2.40. The summed E-state index contributed by atoms with van der Waals surface area (Å²) in [7, 11) is -4.85. The summed E-state index contributed by atoms with van der Waals surface area (Å²) in [5, 5.41) is 0.545. The number of ether oxygens (including phenoxy) is 2. The average molecular weight is 631 g/mol. The Morgan fingerprint density at radius 3 is 1.60 bits per heavy atom. The number of carbonyl (C=O) groups excluding carboxylic acids is 2. The number of carbonyl (C=O) groups is 2. The summed E-state index contributed by atoms with van der Waals surface area (Å²) >= 11 is 13.2. The minimum absolute atomic E-state index is 0.00812. The van der Waals surface area contributed by atoms with Crippen LogP contribution in [0.1, 0.15) is 37.1 Å². The molecule has 2 aromatic carbocycles. The van der Waals surface area contributed by atoms with Crippen LogP contribution in [0.15, 0.2) is 65.9 Å². The van der Waals surface area contributed by atoms with Gasteiger partial charge in [-0.25, -0.2) is 23.4 Å². The van der Waals surface area contributed by atoms with Crippen molar-refractivity contribution in [1.29, 1.82) is 0 Å². The molecule has 3 heterocycles. The number of benzene rings is 2. The van der Waals surface area contributed by atoms with Gasteiger partial charge in [-0.1, -0.05) is 59.6 Å². The summed E-state index contributed by atoms with van der Waals surface area (Å²) in [5.41, 5.74) is 0.999. The fourth-order valence-electron chi connectivity index (χ4n) is 5.29. The number of pyridine rings is 2. The maximum Gasteiger partial charge on any atom is 0.326 e. The van der Waals surface area contributed by atoms with E-state index in [1.165, 1.54) is 26.0 Å². The average Bonchev–Trinajstić information content (AvgIpc) is 2.95. The van der Waals surface area contributed by atoms with Gasteiger partial charge in [-0.3, -0.25) is 9.59 Å². The summed E-state index contributed by atoms with van der Waals surface area (Å²) in [6.45, 7) is 2.64. The van der Waals surface area contributed by atoms with Crippen LogP contribution >= 0.6 is 23.2 Å². The largest absolute Gasteiger partial charge is 0.465 e. The monoisotopic (exact) mass is 630 g/mol. The number of hydrogen-bond acceptors (Lipinski definition) is 10. The van der Waals surface area contributed by atoms with E-state index in [0.29, 0.717) is 21.8 Å². The fourth-order valence-corrected chi connectivity index (χ4v) is 8.05. The van der Waals surface area contributed by atoms with E-state index in [-0.39, 0.29) is 34.6 Å². The number of halogens is 2. The molecule has 0 N–H and O–H groups in total. The molecular formula is C28H24Cl2N4O7S. The van der Waals surface area contributed by atoms with Crippen molar-refractivity contribution in [3.8, 4) is 0 Å². The van der Waals surface area contributed by atoms with Gasteiger partial charge in [0.15, 0.2) is 20.3 Å². The molecule has 4 atom stereocenters. The van der Waals surface area contributed by atoms with Gasteiger partial charge in [0.05, 0.1) is 29.5 Å². The zero-order valence-electron chi connectivity index (χ0n) is 22.3. The molecule has 218 valence electrons. The van der Waals surface area contributed by atoms with Gasteiger partial charge in [-0.15, -0.1) is 4.91 Å². The molecule has 11 nitrogen and oxygen atoms in total. The van der Waals surface area contributed by atoms with Crippen LogP contribution in [0.3, 0.4) is 0 Å². The second-order valence-electron chi connectivity index (χ2n) is 9.41. The predicted molar refractivity (Wildman–Crippen MR) is 156 cm³/mol. The van der Waals surface area contributed by atoms with Gasteiger partial charge in [0.2, 0.25) is 0 Å². The quantitative estimate of drug-likeness (QED) is 0.153. The Kier molecular flexibility index (Phi) is 8.31. The molecule has 0 bridgehead atoms. The van der Waals surface area contributed by atoms with E-state index < -0.39 is 44.4 Å². The van der Waals surface area contributed by atoms with Gasteiger partial charge in [0.25, 0.3) is 0 Å². The van der Waals surface area contributed by atoms with Crippen LogP contribution in [-0.2, 0) is 28.9 Å². The first kappa shape index (κ1) is 29.6. The molecule has 14 heteroatoms. The summed E-state index contributed by atoms with van der Waals surface area (Å²) in [4.78, 5) is 48.4. The van der Waals surface area contributed by atoms with Crippen molar-refractivity contribution < 1.29 is 27.5 Å². The van der Waals surface area contributed by atoms with Crippen molar-refractivity contribution in [3.63, 3.8) is 0 Å². The molecule has 1 aliphatic rings. The van der Waals surface area contributed by atoms with Gasteiger partial charge < -0.3 is 9.47 Å². The third-order valence-electron chi connectivity index (χ3n) is 7.03.